The third-order valence-electron chi connectivity index (χ3n) is 5.34. The Balaban J connectivity index is 1.67. The molecule has 1 saturated heterocycles. The number of rotatable bonds is 7. The summed E-state index contributed by atoms with van der Waals surface area (Å²) in [4.78, 5) is 27.0. The van der Waals surface area contributed by atoms with Gasteiger partial charge in [-0.3, -0.25) is 9.59 Å². The fraction of sp³-hybridized carbons (Fsp3) is 0.364. The van der Waals surface area contributed by atoms with E-state index in [1.807, 2.05) is 39.0 Å². The van der Waals surface area contributed by atoms with Gasteiger partial charge in [0.05, 0.1) is 10.8 Å². The van der Waals surface area contributed by atoms with Crippen LogP contribution in [-0.4, -0.2) is 33.3 Å². The summed E-state index contributed by atoms with van der Waals surface area (Å²) in [5.41, 5.74) is 3.45. The zero-order valence-electron chi connectivity index (χ0n) is 17.4. The SMILES string of the molecule is CCCNS(=O)(=O)c1ccc(NC(=O)[C@H]2CC(=O)N(c3cccc(C)c3C)C2)cc1. The van der Waals surface area contributed by atoms with Gasteiger partial charge in [-0.05, 0) is 61.7 Å². The highest BCUT2D eigenvalue weighted by atomic mass is 32.2. The van der Waals surface area contributed by atoms with Crippen LogP contribution >= 0.6 is 0 Å². The topological polar surface area (TPSA) is 95.6 Å². The monoisotopic (exact) mass is 429 g/mol. The van der Waals surface area contributed by atoms with Crippen LogP contribution in [0.1, 0.15) is 30.9 Å². The number of carbonyl (C=O) groups excluding carboxylic acids is 2. The molecular weight excluding hydrogens is 402 g/mol. The molecule has 0 aliphatic carbocycles. The first-order valence-corrected chi connectivity index (χ1v) is 11.5. The predicted molar refractivity (Wildman–Crippen MR) is 117 cm³/mol. The van der Waals surface area contributed by atoms with Crippen LogP contribution in [0.15, 0.2) is 47.4 Å². The van der Waals surface area contributed by atoms with Crippen LogP contribution in [0.3, 0.4) is 0 Å². The third-order valence-corrected chi connectivity index (χ3v) is 6.81. The van der Waals surface area contributed by atoms with E-state index in [0.717, 1.165) is 16.8 Å². The number of hydrogen-bond donors (Lipinski definition) is 2. The maximum absolute atomic E-state index is 12.7. The number of nitrogens with zero attached hydrogens (tertiary/aromatic N) is 1. The van der Waals surface area contributed by atoms with Crippen molar-refractivity contribution >= 4 is 33.2 Å². The molecule has 2 amide bonds. The third kappa shape index (κ3) is 4.71. The van der Waals surface area contributed by atoms with E-state index < -0.39 is 15.9 Å². The van der Waals surface area contributed by atoms with Crippen molar-refractivity contribution in [2.75, 3.05) is 23.3 Å². The Morgan fingerprint density at radius 3 is 2.50 bits per heavy atom. The molecule has 2 aromatic carbocycles. The number of sulfonamides is 1. The fourth-order valence-corrected chi connectivity index (χ4v) is 4.56. The lowest BCUT2D eigenvalue weighted by molar-refractivity contribution is -0.122. The second-order valence-electron chi connectivity index (χ2n) is 7.54. The first kappa shape index (κ1) is 22.0. The van der Waals surface area contributed by atoms with Gasteiger partial charge in [-0.15, -0.1) is 0 Å². The normalized spacial score (nSPS) is 16.7. The zero-order valence-corrected chi connectivity index (χ0v) is 18.3. The van der Waals surface area contributed by atoms with Gasteiger partial charge in [-0.2, -0.15) is 0 Å². The number of nitrogens with one attached hydrogen (secondary N) is 2. The number of benzene rings is 2. The van der Waals surface area contributed by atoms with Crippen molar-refractivity contribution in [3.05, 3.63) is 53.6 Å². The summed E-state index contributed by atoms with van der Waals surface area (Å²) in [5.74, 6) is -0.796. The number of hydrogen-bond acceptors (Lipinski definition) is 4. The summed E-state index contributed by atoms with van der Waals surface area (Å²) < 4.78 is 26.8. The van der Waals surface area contributed by atoms with Crippen LogP contribution in [-0.2, 0) is 19.6 Å². The lowest BCUT2D eigenvalue weighted by atomic mass is 10.1. The minimum absolute atomic E-state index is 0.0766. The van der Waals surface area contributed by atoms with E-state index in [1.54, 1.807) is 17.0 Å². The molecule has 0 aromatic heterocycles. The zero-order chi connectivity index (χ0) is 21.9. The first-order valence-electron chi connectivity index (χ1n) is 10.00. The molecule has 0 saturated carbocycles. The molecular formula is C22H27N3O4S. The van der Waals surface area contributed by atoms with E-state index in [-0.39, 0.29) is 23.1 Å². The van der Waals surface area contributed by atoms with Crippen molar-refractivity contribution < 1.29 is 18.0 Å². The van der Waals surface area contributed by atoms with Crippen LogP contribution in [0.5, 0.6) is 0 Å². The Morgan fingerprint density at radius 1 is 1.13 bits per heavy atom. The molecule has 1 aliphatic heterocycles. The highest BCUT2D eigenvalue weighted by molar-refractivity contribution is 7.89. The van der Waals surface area contributed by atoms with Gasteiger partial charge in [0, 0.05) is 30.9 Å². The highest BCUT2D eigenvalue weighted by Gasteiger charge is 2.35. The summed E-state index contributed by atoms with van der Waals surface area (Å²) >= 11 is 0. The van der Waals surface area contributed by atoms with E-state index in [4.69, 9.17) is 0 Å². The van der Waals surface area contributed by atoms with Gasteiger partial charge >= 0.3 is 0 Å². The average molecular weight is 430 g/mol. The van der Waals surface area contributed by atoms with Crippen LogP contribution in [0.4, 0.5) is 11.4 Å². The molecule has 1 atom stereocenters. The Morgan fingerprint density at radius 2 is 1.83 bits per heavy atom. The highest BCUT2D eigenvalue weighted by Crippen LogP contribution is 2.30. The van der Waals surface area contributed by atoms with Crippen molar-refractivity contribution in [1.82, 2.24) is 4.72 Å². The Bertz CT molecular complexity index is 1050. The quantitative estimate of drug-likeness (QED) is 0.707. The van der Waals surface area contributed by atoms with E-state index >= 15 is 0 Å². The minimum atomic E-state index is -3.55. The Hall–Kier alpha value is -2.71. The molecule has 1 aliphatic rings. The average Bonchev–Trinajstić information content (AvgIpc) is 3.10. The van der Waals surface area contributed by atoms with Gasteiger partial charge in [-0.25, -0.2) is 13.1 Å². The molecule has 0 bridgehead atoms. The first-order chi connectivity index (χ1) is 14.2. The van der Waals surface area contributed by atoms with E-state index in [2.05, 4.69) is 10.0 Å². The molecule has 1 heterocycles. The van der Waals surface area contributed by atoms with Crippen molar-refractivity contribution in [3.63, 3.8) is 0 Å². The molecule has 3 rings (SSSR count). The van der Waals surface area contributed by atoms with Crippen molar-refractivity contribution in [1.29, 1.82) is 0 Å². The maximum Gasteiger partial charge on any atom is 0.240 e. The van der Waals surface area contributed by atoms with E-state index in [9.17, 15) is 18.0 Å². The van der Waals surface area contributed by atoms with Gasteiger partial charge in [-0.1, -0.05) is 19.1 Å². The maximum atomic E-state index is 12.7. The van der Waals surface area contributed by atoms with Crippen molar-refractivity contribution in [3.8, 4) is 0 Å². The van der Waals surface area contributed by atoms with Gasteiger partial charge in [0.15, 0.2) is 0 Å². The molecule has 30 heavy (non-hydrogen) atoms. The lowest BCUT2D eigenvalue weighted by Crippen LogP contribution is -2.28. The second kappa shape index (κ2) is 8.97. The molecule has 2 N–H and O–H groups in total. The van der Waals surface area contributed by atoms with Gasteiger partial charge in [0.25, 0.3) is 0 Å². The van der Waals surface area contributed by atoms with Crippen LogP contribution in [0.25, 0.3) is 0 Å². The van der Waals surface area contributed by atoms with E-state index in [1.165, 1.54) is 12.1 Å². The van der Waals surface area contributed by atoms with Crippen LogP contribution < -0.4 is 14.9 Å². The fourth-order valence-electron chi connectivity index (χ4n) is 3.43. The molecule has 0 spiro atoms. The summed E-state index contributed by atoms with van der Waals surface area (Å²) in [6, 6.07) is 11.8. The van der Waals surface area contributed by atoms with Crippen LogP contribution in [0, 0.1) is 19.8 Å². The van der Waals surface area contributed by atoms with Crippen LogP contribution in [0.2, 0.25) is 0 Å². The number of anilines is 2. The number of amides is 2. The standard InChI is InChI=1S/C22H27N3O4S/c1-4-12-23-30(28,29)19-10-8-18(9-11-19)24-22(27)17-13-21(26)25(14-17)20-7-5-6-15(2)16(20)3/h5-11,17,23H,4,12-14H2,1-3H3,(H,24,27)/t17-/m0/s1. The van der Waals surface area contributed by atoms with Crippen molar-refractivity contribution in [2.24, 2.45) is 5.92 Å². The number of aryl methyl sites for hydroxylation is 1. The largest absolute Gasteiger partial charge is 0.326 e. The summed E-state index contributed by atoms with van der Waals surface area (Å²) in [6.45, 7) is 6.54. The van der Waals surface area contributed by atoms with Gasteiger partial charge in [0.2, 0.25) is 21.8 Å². The predicted octanol–water partition coefficient (Wildman–Crippen LogP) is 2.98. The molecule has 2 aromatic rings. The van der Waals surface area contributed by atoms with Gasteiger partial charge < -0.3 is 10.2 Å². The molecule has 160 valence electrons. The molecule has 0 unspecified atom stereocenters. The number of carbonyl (C=O) groups is 2. The summed E-state index contributed by atoms with van der Waals surface area (Å²) in [5, 5.41) is 2.79. The molecule has 1 fully saturated rings. The molecule has 8 heteroatoms. The minimum Gasteiger partial charge on any atom is -0.326 e. The smallest absolute Gasteiger partial charge is 0.240 e. The molecule has 0 radical (unpaired) electrons. The lowest BCUT2D eigenvalue weighted by Gasteiger charge is -2.20. The summed E-state index contributed by atoms with van der Waals surface area (Å²) in [6.07, 6.45) is 0.846. The van der Waals surface area contributed by atoms with E-state index in [0.29, 0.717) is 25.2 Å². The Kier molecular flexibility index (Phi) is 6.58. The molecule has 7 nitrogen and oxygen atoms in total. The summed E-state index contributed by atoms with van der Waals surface area (Å²) in [7, 11) is -3.55. The van der Waals surface area contributed by atoms with Gasteiger partial charge in [0.1, 0.15) is 0 Å². The Labute approximate surface area is 177 Å². The van der Waals surface area contributed by atoms with Crippen molar-refractivity contribution in [2.45, 2.75) is 38.5 Å². The second-order valence-corrected chi connectivity index (χ2v) is 9.30.